The molecule has 6 nitrogen and oxygen atoms in total. The lowest BCUT2D eigenvalue weighted by molar-refractivity contribution is -0.114. The van der Waals surface area contributed by atoms with Crippen molar-refractivity contribution in [3.63, 3.8) is 0 Å². The number of ketones is 1. The smallest absolute Gasteiger partial charge is 0.221 e. The molecule has 1 unspecified atom stereocenters. The molecule has 0 spiro atoms. The second-order valence-electron chi connectivity index (χ2n) is 7.75. The number of benzene rings is 2. The van der Waals surface area contributed by atoms with Gasteiger partial charge in [-0.1, -0.05) is 24.3 Å². The van der Waals surface area contributed by atoms with Crippen LogP contribution in [0.4, 0.5) is 11.4 Å². The van der Waals surface area contributed by atoms with E-state index in [1.54, 1.807) is 6.07 Å². The van der Waals surface area contributed by atoms with Crippen LogP contribution in [0.3, 0.4) is 0 Å². The summed E-state index contributed by atoms with van der Waals surface area (Å²) in [5.74, 6) is -0.304. The first-order chi connectivity index (χ1) is 14.1. The molecule has 29 heavy (non-hydrogen) atoms. The van der Waals surface area contributed by atoms with Crippen molar-refractivity contribution in [1.82, 2.24) is 0 Å². The van der Waals surface area contributed by atoms with Crippen molar-refractivity contribution in [2.75, 3.05) is 23.3 Å². The van der Waals surface area contributed by atoms with Crippen molar-refractivity contribution >= 4 is 28.8 Å². The number of nitrogens with zero attached hydrogens (tertiary/aromatic N) is 3. The lowest BCUT2D eigenvalue weighted by Crippen LogP contribution is -2.29. The Bertz CT molecular complexity index is 1060. The summed E-state index contributed by atoms with van der Waals surface area (Å²) in [7, 11) is 0. The molecule has 0 saturated carbocycles. The highest BCUT2D eigenvalue weighted by Gasteiger charge is 2.42. The second kappa shape index (κ2) is 6.95. The fourth-order valence-electron chi connectivity index (χ4n) is 4.48. The molecule has 1 fully saturated rings. The minimum atomic E-state index is -0.386. The van der Waals surface area contributed by atoms with Crippen molar-refractivity contribution in [2.45, 2.75) is 32.2 Å². The summed E-state index contributed by atoms with van der Waals surface area (Å²) in [5.41, 5.74) is 5.22. The molecule has 1 atom stereocenters. The van der Waals surface area contributed by atoms with Gasteiger partial charge in [0.25, 0.3) is 0 Å². The molecule has 1 aliphatic carbocycles. The van der Waals surface area contributed by atoms with E-state index >= 15 is 0 Å². The molecule has 2 aromatic carbocycles. The van der Waals surface area contributed by atoms with Crippen LogP contribution in [0.2, 0.25) is 0 Å². The molecule has 2 aromatic rings. The molecule has 6 heteroatoms. The van der Waals surface area contributed by atoms with Crippen molar-refractivity contribution in [3.8, 4) is 0 Å². The van der Waals surface area contributed by atoms with E-state index in [9.17, 15) is 9.59 Å². The molecule has 1 saturated heterocycles. The fourth-order valence-corrected chi connectivity index (χ4v) is 4.48. The number of hydrogen-bond donors (Lipinski definition) is 1. The van der Waals surface area contributed by atoms with E-state index in [4.69, 9.17) is 0 Å². The minimum absolute atomic E-state index is 0.102. The third kappa shape index (κ3) is 2.95. The van der Waals surface area contributed by atoms with Gasteiger partial charge in [0.1, 0.15) is 11.7 Å². The monoisotopic (exact) mass is 386 g/mol. The van der Waals surface area contributed by atoms with Crippen LogP contribution in [0, 0.1) is 0 Å². The Morgan fingerprint density at radius 3 is 2.55 bits per heavy atom. The number of carbonyl (C=O) groups excluding carboxylic acids is 2. The van der Waals surface area contributed by atoms with Crippen molar-refractivity contribution in [3.05, 3.63) is 64.7 Å². The molecule has 0 bridgehead atoms. The van der Waals surface area contributed by atoms with Crippen LogP contribution in [0.5, 0.6) is 0 Å². The second-order valence-corrected chi connectivity index (χ2v) is 7.75. The zero-order chi connectivity index (χ0) is 20.0. The maximum atomic E-state index is 13.2. The Kier molecular flexibility index (Phi) is 4.27. The number of nitrogens with one attached hydrogen (secondary N) is 1. The molecule has 2 aliphatic heterocycles. The van der Waals surface area contributed by atoms with Crippen LogP contribution in [0.25, 0.3) is 5.70 Å². The molecular formula is C23H22N4O2. The van der Waals surface area contributed by atoms with Gasteiger partial charge in [0.05, 0.1) is 16.8 Å². The van der Waals surface area contributed by atoms with Gasteiger partial charge in [-0.15, -0.1) is 0 Å². The topological polar surface area (TPSA) is 74.1 Å². The Balaban J connectivity index is 1.50. The number of hydrogen-bond acceptors (Lipinski definition) is 5. The number of azo groups is 1. The normalized spacial score (nSPS) is 20.1. The Hall–Kier alpha value is -3.28. The van der Waals surface area contributed by atoms with Gasteiger partial charge in [-0.3, -0.25) is 9.59 Å². The van der Waals surface area contributed by atoms with E-state index in [-0.39, 0.29) is 17.7 Å². The zero-order valence-corrected chi connectivity index (χ0v) is 16.3. The molecule has 0 radical (unpaired) electrons. The molecule has 2 heterocycles. The number of piperidine rings is 1. The van der Waals surface area contributed by atoms with Gasteiger partial charge < -0.3 is 10.2 Å². The number of Topliss-reactive ketones (excluding diaryl/α,β-unsaturated/α-hetero) is 1. The number of amides is 1. The van der Waals surface area contributed by atoms with E-state index in [1.165, 1.54) is 31.9 Å². The van der Waals surface area contributed by atoms with Gasteiger partial charge in [-0.05, 0) is 43.0 Å². The average Bonchev–Trinajstić information content (AvgIpc) is 3.29. The number of carbonyl (C=O) groups is 2. The van der Waals surface area contributed by atoms with Crippen molar-refractivity contribution in [1.29, 1.82) is 0 Å². The molecule has 3 aliphatic rings. The van der Waals surface area contributed by atoms with Gasteiger partial charge in [-0.2, -0.15) is 10.2 Å². The predicted molar refractivity (Wildman–Crippen MR) is 112 cm³/mol. The summed E-state index contributed by atoms with van der Waals surface area (Å²) >= 11 is 0. The van der Waals surface area contributed by atoms with Crippen LogP contribution in [0.1, 0.15) is 53.7 Å². The average molecular weight is 386 g/mol. The molecular weight excluding hydrogens is 364 g/mol. The maximum Gasteiger partial charge on any atom is 0.221 e. The van der Waals surface area contributed by atoms with Gasteiger partial charge >= 0.3 is 0 Å². The third-order valence-electron chi connectivity index (χ3n) is 5.84. The summed E-state index contributed by atoms with van der Waals surface area (Å²) in [6, 6.07) is 13.3. The first-order valence-corrected chi connectivity index (χ1v) is 10.1. The van der Waals surface area contributed by atoms with Crippen molar-refractivity contribution < 1.29 is 9.59 Å². The Morgan fingerprint density at radius 2 is 1.83 bits per heavy atom. The maximum absolute atomic E-state index is 13.2. The predicted octanol–water partition coefficient (Wildman–Crippen LogP) is 4.75. The molecule has 1 amide bonds. The van der Waals surface area contributed by atoms with Gasteiger partial charge in [0.2, 0.25) is 5.91 Å². The summed E-state index contributed by atoms with van der Waals surface area (Å²) in [6.07, 6.45) is 3.77. The van der Waals surface area contributed by atoms with E-state index in [0.29, 0.717) is 22.5 Å². The standard InChI is InChI=1S/C23H22N4O2/c1-14(28)24-18-7-5-6-17-19(18)23(29)20-21(25-26-22(17)20)15-8-10-16(11-9-15)27-12-3-2-4-13-27/h5-11,22H,2-4,12-13H2,1H3,(H,24,28). The first kappa shape index (κ1) is 17.8. The van der Waals surface area contributed by atoms with Crippen LogP contribution >= 0.6 is 0 Å². The fraction of sp³-hybridized carbons (Fsp3) is 0.304. The highest BCUT2D eigenvalue weighted by Crippen LogP contribution is 2.49. The van der Waals surface area contributed by atoms with Crippen LogP contribution in [0.15, 0.2) is 58.3 Å². The summed E-state index contributed by atoms with van der Waals surface area (Å²) in [6.45, 7) is 3.62. The van der Waals surface area contributed by atoms with Gasteiger partial charge in [-0.25, -0.2) is 0 Å². The van der Waals surface area contributed by atoms with Crippen LogP contribution in [-0.4, -0.2) is 24.8 Å². The summed E-state index contributed by atoms with van der Waals surface area (Å²) < 4.78 is 0. The van der Waals surface area contributed by atoms with Crippen LogP contribution < -0.4 is 10.2 Å². The number of anilines is 2. The minimum Gasteiger partial charge on any atom is -0.372 e. The Labute approximate surface area is 169 Å². The highest BCUT2D eigenvalue weighted by atomic mass is 16.1. The quantitative estimate of drug-likeness (QED) is 0.827. The summed E-state index contributed by atoms with van der Waals surface area (Å²) in [4.78, 5) is 27.2. The molecule has 1 N–H and O–H groups in total. The van der Waals surface area contributed by atoms with Crippen molar-refractivity contribution in [2.24, 2.45) is 10.2 Å². The molecule has 146 valence electrons. The van der Waals surface area contributed by atoms with Crippen LogP contribution in [-0.2, 0) is 4.79 Å². The van der Waals surface area contributed by atoms with E-state index in [2.05, 4.69) is 32.6 Å². The molecule has 0 aromatic heterocycles. The van der Waals surface area contributed by atoms with Gasteiger partial charge in [0, 0.05) is 31.3 Å². The van der Waals surface area contributed by atoms with E-state index in [1.807, 2.05) is 24.3 Å². The lowest BCUT2D eigenvalue weighted by Gasteiger charge is -2.28. The molecule has 5 rings (SSSR count). The largest absolute Gasteiger partial charge is 0.372 e. The van der Waals surface area contributed by atoms with E-state index in [0.717, 1.165) is 24.2 Å². The zero-order valence-electron chi connectivity index (χ0n) is 16.3. The highest BCUT2D eigenvalue weighted by molar-refractivity contribution is 6.22. The Morgan fingerprint density at radius 1 is 1.07 bits per heavy atom. The first-order valence-electron chi connectivity index (χ1n) is 10.1. The lowest BCUT2D eigenvalue weighted by atomic mass is 10.0. The SMILES string of the molecule is CC(=O)Nc1cccc2c1C(=O)C1=C(c3ccc(N4CCCCC4)cc3)N=NC12. The van der Waals surface area contributed by atoms with E-state index < -0.39 is 0 Å². The number of rotatable bonds is 3. The third-order valence-corrected chi connectivity index (χ3v) is 5.84. The van der Waals surface area contributed by atoms with Gasteiger partial charge in [0.15, 0.2) is 5.78 Å². The number of fused-ring (bicyclic) bond motifs is 3. The summed E-state index contributed by atoms with van der Waals surface area (Å²) in [5, 5.41) is 11.5.